The normalized spacial score (nSPS) is 20.4. The van der Waals surface area contributed by atoms with Crippen LogP contribution in [0.3, 0.4) is 0 Å². The molecule has 0 aliphatic carbocycles. The SMILES string of the molecule is Cc1cc(S(=O)(=O)N2CCC(N(C)C)C2)cc(CO)c1F. The number of aliphatic hydroxyl groups is 1. The maximum absolute atomic E-state index is 13.7. The third kappa shape index (κ3) is 3.11. The zero-order chi connectivity index (χ0) is 15.8. The molecule has 1 fully saturated rings. The third-order valence-electron chi connectivity index (χ3n) is 3.97. The van der Waals surface area contributed by atoms with Gasteiger partial charge in [0.15, 0.2) is 0 Å². The van der Waals surface area contributed by atoms with Gasteiger partial charge in [0.1, 0.15) is 5.82 Å². The fourth-order valence-corrected chi connectivity index (χ4v) is 4.20. The molecule has 0 spiro atoms. The Kier molecular flexibility index (Phi) is 4.67. The number of halogens is 1. The van der Waals surface area contributed by atoms with E-state index in [2.05, 4.69) is 0 Å². The molecular weight excluding hydrogens is 295 g/mol. The second kappa shape index (κ2) is 6.00. The number of nitrogens with zero attached hydrogens (tertiary/aromatic N) is 2. The van der Waals surface area contributed by atoms with Crippen molar-refractivity contribution >= 4 is 10.0 Å². The van der Waals surface area contributed by atoms with E-state index in [0.29, 0.717) is 13.1 Å². The van der Waals surface area contributed by atoms with Crippen LogP contribution in [0.25, 0.3) is 0 Å². The summed E-state index contributed by atoms with van der Waals surface area (Å²) in [7, 11) is 0.199. The van der Waals surface area contributed by atoms with Crippen LogP contribution in [-0.2, 0) is 16.6 Å². The third-order valence-corrected chi connectivity index (χ3v) is 5.81. The number of rotatable bonds is 4. The lowest BCUT2D eigenvalue weighted by atomic mass is 10.1. The van der Waals surface area contributed by atoms with Gasteiger partial charge in [-0.25, -0.2) is 12.8 Å². The molecule has 0 saturated carbocycles. The van der Waals surface area contributed by atoms with Crippen molar-refractivity contribution in [2.45, 2.75) is 30.9 Å². The van der Waals surface area contributed by atoms with Gasteiger partial charge in [-0.05, 0) is 45.1 Å². The lowest BCUT2D eigenvalue weighted by Crippen LogP contribution is -2.34. The summed E-state index contributed by atoms with van der Waals surface area (Å²) < 4.78 is 40.4. The van der Waals surface area contributed by atoms with Crippen molar-refractivity contribution in [3.63, 3.8) is 0 Å². The summed E-state index contributed by atoms with van der Waals surface area (Å²) in [5.41, 5.74) is 0.236. The topological polar surface area (TPSA) is 60.9 Å². The predicted molar refractivity (Wildman–Crippen MR) is 77.9 cm³/mol. The molecule has 0 aromatic heterocycles. The largest absolute Gasteiger partial charge is 0.392 e. The molecule has 0 bridgehead atoms. The number of hydrogen-bond acceptors (Lipinski definition) is 4. The van der Waals surface area contributed by atoms with Crippen molar-refractivity contribution in [2.75, 3.05) is 27.2 Å². The molecule has 2 rings (SSSR count). The first-order valence-electron chi connectivity index (χ1n) is 6.84. The van der Waals surface area contributed by atoms with Crippen LogP contribution in [0.1, 0.15) is 17.5 Å². The molecule has 1 atom stereocenters. The first-order chi connectivity index (χ1) is 9.77. The highest BCUT2D eigenvalue weighted by atomic mass is 32.2. The Bertz CT molecular complexity index is 631. The van der Waals surface area contributed by atoms with E-state index in [4.69, 9.17) is 5.11 Å². The van der Waals surface area contributed by atoms with E-state index in [-0.39, 0.29) is 22.1 Å². The molecule has 1 aromatic rings. The van der Waals surface area contributed by atoms with Crippen molar-refractivity contribution in [3.05, 3.63) is 29.1 Å². The Balaban J connectivity index is 2.35. The Morgan fingerprint density at radius 3 is 2.62 bits per heavy atom. The summed E-state index contributed by atoms with van der Waals surface area (Å²) in [5, 5.41) is 9.16. The van der Waals surface area contributed by atoms with E-state index >= 15 is 0 Å². The van der Waals surface area contributed by atoms with Crippen molar-refractivity contribution in [1.82, 2.24) is 9.21 Å². The second-order valence-corrected chi connectivity index (χ2v) is 7.58. The number of sulfonamides is 1. The van der Waals surface area contributed by atoms with Crippen LogP contribution in [-0.4, -0.2) is 56.0 Å². The molecule has 1 aliphatic rings. The van der Waals surface area contributed by atoms with Gasteiger partial charge in [-0.1, -0.05) is 0 Å². The lowest BCUT2D eigenvalue weighted by molar-refractivity contribution is 0.275. The van der Waals surface area contributed by atoms with Gasteiger partial charge in [0.05, 0.1) is 11.5 Å². The minimum absolute atomic E-state index is 0.0110. The van der Waals surface area contributed by atoms with E-state index in [1.807, 2.05) is 19.0 Å². The van der Waals surface area contributed by atoms with E-state index in [0.717, 1.165) is 6.42 Å². The quantitative estimate of drug-likeness (QED) is 0.898. The molecule has 1 aromatic carbocycles. The molecule has 1 N–H and O–H groups in total. The molecular formula is C14H21FN2O3S. The van der Waals surface area contributed by atoms with Crippen molar-refractivity contribution < 1.29 is 17.9 Å². The van der Waals surface area contributed by atoms with Gasteiger partial charge in [-0.2, -0.15) is 4.31 Å². The zero-order valence-electron chi connectivity index (χ0n) is 12.5. The second-order valence-electron chi connectivity index (χ2n) is 5.64. The molecule has 1 unspecified atom stereocenters. The maximum atomic E-state index is 13.7. The first-order valence-corrected chi connectivity index (χ1v) is 8.28. The van der Waals surface area contributed by atoms with Crippen molar-refractivity contribution in [3.8, 4) is 0 Å². The van der Waals surface area contributed by atoms with Crippen LogP contribution in [0.4, 0.5) is 4.39 Å². The molecule has 5 nitrogen and oxygen atoms in total. The monoisotopic (exact) mass is 316 g/mol. The van der Waals surface area contributed by atoms with Gasteiger partial charge >= 0.3 is 0 Å². The molecule has 1 heterocycles. The van der Waals surface area contributed by atoms with Gasteiger partial charge in [-0.15, -0.1) is 0 Å². The minimum Gasteiger partial charge on any atom is -0.392 e. The Morgan fingerprint density at radius 2 is 2.10 bits per heavy atom. The summed E-state index contributed by atoms with van der Waals surface area (Å²) in [6.45, 7) is 1.87. The Morgan fingerprint density at radius 1 is 1.43 bits per heavy atom. The molecule has 7 heteroatoms. The Hall–Kier alpha value is -1.02. The van der Waals surface area contributed by atoms with Gasteiger partial charge in [0, 0.05) is 24.7 Å². The number of likely N-dealkylation sites (N-methyl/N-ethyl adjacent to an activating group) is 1. The Labute approximate surface area is 125 Å². The molecule has 0 radical (unpaired) electrons. The number of aryl methyl sites for hydroxylation is 1. The van der Waals surface area contributed by atoms with E-state index in [1.165, 1.54) is 23.4 Å². The summed E-state index contributed by atoms with van der Waals surface area (Å²) >= 11 is 0. The van der Waals surface area contributed by atoms with E-state index in [9.17, 15) is 12.8 Å². The highest BCUT2D eigenvalue weighted by molar-refractivity contribution is 7.89. The number of hydrogen-bond donors (Lipinski definition) is 1. The minimum atomic E-state index is -3.65. The van der Waals surface area contributed by atoms with Gasteiger partial charge < -0.3 is 10.0 Å². The molecule has 21 heavy (non-hydrogen) atoms. The molecule has 0 amide bonds. The van der Waals surface area contributed by atoms with Crippen LogP contribution in [0.2, 0.25) is 0 Å². The fourth-order valence-electron chi connectivity index (χ4n) is 2.57. The van der Waals surface area contributed by atoms with Gasteiger partial charge in [0.2, 0.25) is 10.0 Å². The maximum Gasteiger partial charge on any atom is 0.243 e. The zero-order valence-corrected chi connectivity index (χ0v) is 13.3. The summed E-state index contributed by atoms with van der Waals surface area (Å²) in [4.78, 5) is 2.05. The predicted octanol–water partition coefficient (Wildman–Crippen LogP) is 0.951. The highest BCUT2D eigenvalue weighted by Gasteiger charge is 2.33. The van der Waals surface area contributed by atoms with Crippen molar-refractivity contribution in [2.24, 2.45) is 0 Å². The van der Waals surface area contributed by atoms with Crippen molar-refractivity contribution in [1.29, 1.82) is 0 Å². The standard InChI is InChI=1S/C14H21FN2O3S/c1-10-6-13(7-11(9-18)14(10)15)21(19,20)17-5-4-12(8-17)16(2)3/h6-7,12,18H,4-5,8-9H2,1-3H3. The van der Waals surface area contributed by atoms with Gasteiger partial charge in [0.25, 0.3) is 0 Å². The average Bonchev–Trinajstić information content (AvgIpc) is 2.92. The smallest absolute Gasteiger partial charge is 0.243 e. The van der Waals surface area contributed by atoms with Crippen LogP contribution in [0, 0.1) is 12.7 Å². The highest BCUT2D eigenvalue weighted by Crippen LogP contribution is 2.26. The van der Waals surface area contributed by atoms with E-state index in [1.54, 1.807) is 0 Å². The number of benzene rings is 1. The van der Waals surface area contributed by atoms with Crippen LogP contribution < -0.4 is 0 Å². The lowest BCUT2D eigenvalue weighted by Gasteiger charge is -2.20. The van der Waals surface area contributed by atoms with Crippen LogP contribution >= 0.6 is 0 Å². The van der Waals surface area contributed by atoms with Gasteiger partial charge in [-0.3, -0.25) is 0 Å². The summed E-state index contributed by atoms with van der Waals surface area (Å²) in [5.74, 6) is -0.552. The molecule has 1 aliphatic heterocycles. The van der Waals surface area contributed by atoms with E-state index < -0.39 is 22.4 Å². The number of aliphatic hydroxyl groups excluding tert-OH is 1. The fraction of sp³-hybridized carbons (Fsp3) is 0.571. The first kappa shape index (κ1) is 16.4. The molecule has 1 saturated heterocycles. The molecule has 118 valence electrons. The summed E-state index contributed by atoms with van der Waals surface area (Å²) in [6.07, 6.45) is 0.777. The average molecular weight is 316 g/mol. The van der Waals surface area contributed by atoms with Crippen LogP contribution in [0.15, 0.2) is 17.0 Å². The summed E-state index contributed by atoms with van der Waals surface area (Å²) in [6, 6.07) is 2.74. The van der Waals surface area contributed by atoms with Crippen LogP contribution in [0.5, 0.6) is 0 Å².